The zero-order valence-electron chi connectivity index (χ0n) is 11.0. The summed E-state index contributed by atoms with van der Waals surface area (Å²) in [6.45, 7) is 0.943. The van der Waals surface area contributed by atoms with Gasteiger partial charge in [-0.2, -0.15) is 5.10 Å². The molecule has 2 aromatic heterocycles. The Hall–Kier alpha value is -2.56. The molecule has 100 valence electrons. The lowest BCUT2D eigenvalue weighted by atomic mass is 10.0. The topological polar surface area (TPSA) is 68.8 Å². The number of nitrogens with two attached hydrogens (primary N) is 1. The van der Waals surface area contributed by atoms with Gasteiger partial charge in [0.15, 0.2) is 0 Å². The monoisotopic (exact) mass is 265 g/mol. The molecule has 4 rings (SSSR count). The summed E-state index contributed by atoms with van der Waals surface area (Å²) in [6, 6.07) is 10.2. The predicted octanol–water partition coefficient (Wildman–Crippen LogP) is 2.42. The van der Waals surface area contributed by atoms with Crippen molar-refractivity contribution in [3.8, 4) is 0 Å². The van der Waals surface area contributed by atoms with Crippen LogP contribution in [0.25, 0.3) is 10.9 Å². The van der Waals surface area contributed by atoms with Gasteiger partial charge in [-0.1, -0.05) is 0 Å². The van der Waals surface area contributed by atoms with Gasteiger partial charge in [0.25, 0.3) is 0 Å². The Kier molecular flexibility index (Phi) is 2.39. The second-order valence-corrected chi connectivity index (χ2v) is 5.08. The fourth-order valence-electron chi connectivity index (χ4n) is 2.87. The van der Waals surface area contributed by atoms with Crippen molar-refractivity contribution in [1.82, 2.24) is 14.8 Å². The number of nitrogens with one attached hydrogen (secondary N) is 1. The number of hydrogen-bond donors (Lipinski definition) is 2. The summed E-state index contributed by atoms with van der Waals surface area (Å²) in [5.74, 6) is 1.08. The summed E-state index contributed by atoms with van der Waals surface area (Å²) in [5.41, 5.74) is 8.77. The highest BCUT2D eigenvalue weighted by Crippen LogP contribution is 2.34. The molecule has 0 saturated carbocycles. The molecule has 20 heavy (non-hydrogen) atoms. The fraction of sp³-hybridized carbons (Fsp3) is 0.200. The van der Waals surface area contributed by atoms with Crippen LogP contribution in [0.4, 0.5) is 11.5 Å². The summed E-state index contributed by atoms with van der Waals surface area (Å²) in [5, 5.41) is 9.30. The van der Waals surface area contributed by atoms with Crippen LogP contribution in [-0.2, 0) is 0 Å². The molecule has 0 amide bonds. The summed E-state index contributed by atoms with van der Waals surface area (Å²) in [4.78, 5) is 4.09. The van der Waals surface area contributed by atoms with Crippen LogP contribution < -0.4 is 11.1 Å². The Morgan fingerprint density at radius 2 is 2.05 bits per heavy atom. The summed E-state index contributed by atoms with van der Waals surface area (Å²) >= 11 is 0. The molecule has 3 N–H and O–H groups in total. The highest BCUT2D eigenvalue weighted by Gasteiger charge is 2.24. The Morgan fingerprint density at radius 3 is 2.90 bits per heavy atom. The first-order chi connectivity index (χ1) is 9.83. The number of pyridine rings is 1. The first kappa shape index (κ1) is 11.3. The maximum Gasteiger partial charge on any atom is 0.132 e. The largest absolute Gasteiger partial charge is 0.399 e. The van der Waals surface area contributed by atoms with E-state index in [1.54, 1.807) is 0 Å². The van der Waals surface area contributed by atoms with Gasteiger partial charge in [0, 0.05) is 30.0 Å². The lowest BCUT2D eigenvalue weighted by Crippen LogP contribution is -2.24. The van der Waals surface area contributed by atoms with E-state index in [4.69, 9.17) is 10.8 Å². The van der Waals surface area contributed by atoms with Gasteiger partial charge in [-0.05, 0) is 42.3 Å². The predicted molar refractivity (Wildman–Crippen MR) is 79.6 cm³/mol. The molecular weight excluding hydrogens is 250 g/mol. The molecule has 0 bridgehead atoms. The average Bonchev–Trinajstić information content (AvgIpc) is 2.85. The Balaban J connectivity index is 1.91. The van der Waals surface area contributed by atoms with E-state index < -0.39 is 0 Å². The van der Waals surface area contributed by atoms with Crippen LogP contribution in [0.1, 0.15) is 18.0 Å². The maximum absolute atomic E-state index is 5.85. The molecule has 3 aromatic rings. The second kappa shape index (κ2) is 4.23. The molecule has 1 aromatic carbocycles. The van der Waals surface area contributed by atoms with E-state index in [-0.39, 0.29) is 6.04 Å². The van der Waals surface area contributed by atoms with Gasteiger partial charge >= 0.3 is 0 Å². The number of aromatic nitrogens is 3. The van der Waals surface area contributed by atoms with E-state index in [1.807, 2.05) is 30.6 Å². The zero-order valence-corrected chi connectivity index (χ0v) is 11.0. The number of benzene rings is 1. The molecule has 0 fully saturated rings. The van der Waals surface area contributed by atoms with Crippen molar-refractivity contribution in [2.45, 2.75) is 12.5 Å². The third-order valence-electron chi connectivity index (χ3n) is 3.82. The highest BCUT2D eigenvalue weighted by molar-refractivity contribution is 5.92. The number of hydrogen-bond acceptors (Lipinski definition) is 4. The molecule has 1 aliphatic heterocycles. The van der Waals surface area contributed by atoms with Gasteiger partial charge < -0.3 is 11.1 Å². The minimum Gasteiger partial charge on any atom is -0.399 e. The molecule has 1 aliphatic rings. The molecule has 3 heterocycles. The third kappa shape index (κ3) is 1.63. The van der Waals surface area contributed by atoms with Crippen LogP contribution >= 0.6 is 0 Å². The number of nitrogen functional groups attached to an aromatic ring is 1. The number of anilines is 2. The summed E-state index contributed by atoms with van der Waals surface area (Å²) in [7, 11) is 0. The molecule has 0 spiro atoms. The quantitative estimate of drug-likeness (QED) is 0.663. The lowest BCUT2D eigenvalue weighted by molar-refractivity contribution is 0.485. The van der Waals surface area contributed by atoms with Crippen LogP contribution in [-0.4, -0.2) is 21.3 Å². The fourth-order valence-corrected chi connectivity index (χ4v) is 2.87. The molecule has 0 aliphatic carbocycles. The van der Waals surface area contributed by atoms with E-state index in [0.29, 0.717) is 0 Å². The Morgan fingerprint density at radius 1 is 1.20 bits per heavy atom. The van der Waals surface area contributed by atoms with E-state index in [9.17, 15) is 0 Å². The van der Waals surface area contributed by atoms with Crippen molar-refractivity contribution in [3.05, 3.63) is 48.3 Å². The summed E-state index contributed by atoms with van der Waals surface area (Å²) in [6.07, 6.45) is 4.68. The van der Waals surface area contributed by atoms with E-state index >= 15 is 0 Å². The maximum atomic E-state index is 5.85. The SMILES string of the molecule is Nc1ccc2c3n(nc2c1)C(c1ccncc1)CCN3. The summed E-state index contributed by atoms with van der Waals surface area (Å²) < 4.78 is 2.07. The van der Waals surface area contributed by atoms with Crippen LogP contribution in [0, 0.1) is 0 Å². The van der Waals surface area contributed by atoms with Crippen LogP contribution in [0.2, 0.25) is 0 Å². The lowest BCUT2D eigenvalue weighted by Gasteiger charge is -2.26. The van der Waals surface area contributed by atoms with Crippen LogP contribution in [0.5, 0.6) is 0 Å². The minimum atomic E-state index is 0.253. The Labute approximate surface area is 116 Å². The average molecular weight is 265 g/mol. The van der Waals surface area contributed by atoms with Gasteiger partial charge in [0.05, 0.1) is 11.6 Å². The van der Waals surface area contributed by atoms with Gasteiger partial charge in [0.2, 0.25) is 0 Å². The number of fused-ring (bicyclic) bond motifs is 3. The zero-order chi connectivity index (χ0) is 13.5. The van der Waals surface area contributed by atoms with Crippen molar-refractivity contribution >= 4 is 22.4 Å². The van der Waals surface area contributed by atoms with Crippen LogP contribution in [0.3, 0.4) is 0 Å². The van der Waals surface area contributed by atoms with Crippen molar-refractivity contribution in [2.75, 3.05) is 17.6 Å². The smallest absolute Gasteiger partial charge is 0.132 e. The van der Waals surface area contributed by atoms with E-state index in [2.05, 4.69) is 27.1 Å². The van der Waals surface area contributed by atoms with Crippen molar-refractivity contribution in [2.24, 2.45) is 0 Å². The van der Waals surface area contributed by atoms with E-state index in [0.717, 1.165) is 35.4 Å². The Bertz CT molecular complexity index is 763. The first-order valence-corrected chi connectivity index (χ1v) is 6.74. The first-order valence-electron chi connectivity index (χ1n) is 6.74. The van der Waals surface area contributed by atoms with Gasteiger partial charge in [0.1, 0.15) is 5.82 Å². The van der Waals surface area contributed by atoms with Gasteiger partial charge in [-0.25, -0.2) is 4.68 Å². The molecule has 5 heteroatoms. The molecule has 0 radical (unpaired) electrons. The standard InChI is InChI=1S/C15H15N5/c16-11-1-2-12-13(9-11)19-20-14(5-8-18-15(12)20)10-3-6-17-7-4-10/h1-4,6-7,9,14,18H,5,8,16H2. The number of rotatable bonds is 1. The highest BCUT2D eigenvalue weighted by atomic mass is 15.4. The van der Waals surface area contributed by atoms with Crippen molar-refractivity contribution in [3.63, 3.8) is 0 Å². The third-order valence-corrected chi connectivity index (χ3v) is 3.82. The van der Waals surface area contributed by atoms with Crippen LogP contribution in [0.15, 0.2) is 42.7 Å². The second-order valence-electron chi connectivity index (χ2n) is 5.08. The van der Waals surface area contributed by atoms with Gasteiger partial charge in [-0.3, -0.25) is 4.98 Å². The molecule has 1 atom stereocenters. The molecule has 0 saturated heterocycles. The van der Waals surface area contributed by atoms with Crippen molar-refractivity contribution < 1.29 is 0 Å². The molecule has 1 unspecified atom stereocenters. The molecule has 5 nitrogen and oxygen atoms in total. The molecular formula is C15H15N5. The minimum absolute atomic E-state index is 0.253. The number of nitrogens with zero attached hydrogens (tertiary/aromatic N) is 3. The van der Waals surface area contributed by atoms with E-state index in [1.165, 1.54) is 5.56 Å². The van der Waals surface area contributed by atoms with Gasteiger partial charge in [-0.15, -0.1) is 0 Å². The van der Waals surface area contributed by atoms with Crippen molar-refractivity contribution in [1.29, 1.82) is 0 Å². The normalized spacial score (nSPS) is 17.7.